The van der Waals surface area contributed by atoms with Crippen molar-refractivity contribution >= 4 is 23.0 Å². The first-order valence-corrected chi connectivity index (χ1v) is 8.10. The lowest BCUT2D eigenvalue weighted by Gasteiger charge is -2.25. The number of nitrogen functional groups attached to an aromatic ring is 1. The Hall–Kier alpha value is -2.01. The summed E-state index contributed by atoms with van der Waals surface area (Å²) in [4.78, 5) is 14.3. The number of carbonyl (C=O) groups is 1. The zero-order chi connectivity index (χ0) is 17.0. The average Bonchev–Trinajstić information content (AvgIpc) is 2.48. The van der Waals surface area contributed by atoms with Gasteiger partial charge in [0, 0.05) is 13.1 Å². The minimum absolute atomic E-state index is 0.490. The molecule has 0 unspecified atom stereocenters. The number of hydrogen-bond acceptors (Lipinski definition) is 4. The molecule has 1 heterocycles. The van der Waals surface area contributed by atoms with E-state index in [0.29, 0.717) is 11.4 Å². The number of likely N-dealkylation sites (N-methyl/N-ethyl adjacent to an activating group) is 1. The van der Waals surface area contributed by atoms with Crippen LogP contribution in [0.1, 0.15) is 39.7 Å². The molecule has 1 aliphatic heterocycles. The highest BCUT2D eigenvalue weighted by Gasteiger charge is 2.18. The molecule has 23 heavy (non-hydrogen) atoms. The number of amides is 1. The van der Waals surface area contributed by atoms with E-state index >= 15 is 0 Å². The van der Waals surface area contributed by atoms with Gasteiger partial charge >= 0.3 is 6.09 Å². The van der Waals surface area contributed by atoms with E-state index in [9.17, 15) is 4.79 Å². The zero-order valence-corrected chi connectivity index (χ0v) is 14.5. The topological polar surface area (TPSA) is 67.6 Å². The van der Waals surface area contributed by atoms with Gasteiger partial charge in [0.1, 0.15) is 5.60 Å². The summed E-state index contributed by atoms with van der Waals surface area (Å²) in [5.74, 6) is 0. The molecule has 1 amide bonds. The molecule has 126 valence electrons. The summed E-state index contributed by atoms with van der Waals surface area (Å²) in [6, 6.07) is 5.75. The van der Waals surface area contributed by atoms with Crippen LogP contribution in [0, 0.1) is 0 Å². The van der Waals surface area contributed by atoms with Crippen molar-refractivity contribution in [2.75, 3.05) is 30.7 Å². The summed E-state index contributed by atoms with van der Waals surface area (Å²) in [6.07, 6.45) is 2.76. The van der Waals surface area contributed by atoms with E-state index < -0.39 is 11.7 Å². The molecule has 5 heteroatoms. The highest BCUT2D eigenvalue weighted by molar-refractivity contribution is 5.90. The van der Waals surface area contributed by atoms with Crippen molar-refractivity contribution in [1.29, 1.82) is 0 Å². The summed E-state index contributed by atoms with van der Waals surface area (Å²) < 4.78 is 5.28. The monoisotopic (exact) mass is 317 g/mol. The fraction of sp³-hybridized carbons (Fsp3) is 0.500. The predicted octanol–water partition coefficient (Wildman–Crippen LogP) is 3.72. The van der Waals surface area contributed by atoms with Crippen molar-refractivity contribution in [3.63, 3.8) is 0 Å². The van der Waals surface area contributed by atoms with Gasteiger partial charge in [0.2, 0.25) is 0 Å². The highest BCUT2D eigenvalue weighted by Crippen LogP contribution is 2.28. The number of nitrogens with one attached hydrogen (secondary N) is 1. The van der Waals surface area contributed by atoms with Gasteiger partial charge in [0.15, 0.2) is 0 Å². The number of hydrogen-bond donors (Lipinski definition) is 2. The Bertz CT molecular complexity index is 603. The molecule has 0 atom stereocenters. The van der Waals surface area contributed by atoms with Crippen LogP contribution >= 0.6 is 0 Å². The second kappa shape index (κ2) is 7.04. The molecule has 1 aliphatic rings. The lowest BCUT2D eigenvalue weighted by Crippen LogP contribution is -2.28. The summed E-state index contributed by atoms with van der Waals surface area (Å²) >= 11 is 0. The quantitative estimate of drug-likeness (QED) is 0.834. The molecule has 0 aromatic heterocycles. The SMILES string of the molecule is CCN1CC=C(c2ccc(N)c(NC(=O)OC(C)(C)C)c2)CC1. The van der Waals surface area contributed by atoms with Gasteiger partial charge in [-0.15, -0.1) is 0 Å². The van der Waals surface area contributed by atoms with Crippen LogP contribution in [-0.2, 0) is 4.74 Å². The minimum Gasteiger partial charge on any atom is -0.444 e. The summed E-state index contributed by atoms with van der Waals surface area (Å²) in [6.45, 7) is 10.8. The van der Waals surface area contributed by atoms with Gasteiger partial charge in [0.25, 0.3) is 0 Å². The lowest BCUT2D eigenvalue weighted by atomic mass is 9.98. The van der Waals surface area contributed by atoms with Crippen molar-refractivity contribution in [3.05, 3.63) is 29.8 Å². The van der Waals surface area contributed by atoms with Crippen LogP contribution in [0.2, 0.25) is 0 Å². The van der Waals surface area contributed by atoms with E-state index in [2.05, 4.69) is 23.2 Å². The van der Waals surface area contributed by atoms with Crippen molar-refractivity contribution < 1.29 is 9.53 Å². The Kier molecular flexibility index (Phi) is 5.31. The fourth-order valence-electron chi connectivity index (χ4n) is 2.54. The van der Waals surface area contributed by atoms with Crippen LogP contribution in [-0.4, -0.2) is 36.2 Å². The number of rotatable bonds is 3. The van der Waals surface area contributed by atoms with Crippen LogP contribution in [0.25, 0.3) is 5.57 Å². The largest absolute Gasteiger partial charge is 0.444 e. The predicted molar refractivity (Wildman–Crippen MR) is 95.4 cm³/mol. The number of carbonyl (C=O) groups excluding carboxylic acids is 1. The van der Waals surface area contributed by atoms with E-state index in [0.717, 1.165) is 31.6 Å². The van der Waals surface area contributed by atoms with Crippen molar-refractivity contribution in [2.45, 2.75) is 39.7 Å². The summed E-state index contributed by atoms with van der Waals surface area (Å²) in [5, 5.41) is 2.74. The summed E-state index contributed by atoms with van der Waals surface area (Å²) in [5.41, 5.74) is 8.96. The summed E-state index contributed by atoms with van der Waals surface area (Å²) in [7, 11) is 0. The van der Waals surface area contributed by atoms with Crippen molar-refractivity contribution in [2.24, 2.45) is 0 Å². The van der Waals surface area contributed by atoms with Gasteiger partial charge in [-0.25, -0.2) is 4.79 Å². The van der Waals surface area contributed by atoms with Crippen LogP contribution < -0.4 is 11.1 Å². The molecular weight excluding hydrogens is 290 g/mol. The van der Waals surface area contributed by atoms with E-state index in [4.69, 9.17) is 10.5 Å². The third-order valence-electron chi connectivity index (χ3n) is 3.80. The normalized spacial score (nSPS) is 15.9. The molecule has 3 N–H and O–H groups in total. The second-order valence-electron chi connectivity index (χ2n) is 6.80. The van der Waals surface area contributed by atoms with Gasteiger partial charge in [-0.05, 0) is 57.0 Å². The second-order valence-corrected chi connectivity index (χ2v) is 6.80. The minimum atomic E-state index is -0.536. The average molecular weight is 317 g/mol. The van der Waals surface area contributed by atoms with E-state index in [1.807, 2.05) is 39.0 Å². The van der Waals surface area contributed by atoms with Gasteiger partial charge in [-0.2, -0.15) is 0 Å². The van der Waals surface area contributed by atoms with Crippen LogP contribution in [0.5, 0.6) is 0 Å². The Balaban J connectivity index is 2.13. The number of nitrogens with zero attached hydrogens (tertiary/aromatic N) is 1. The molecule has 0 bridgehead atoms. The van der Waals surface area contributed by atoms with Crippen LogP contribution in [0.4, 0.5) is 16.2 Å². The van der Waals surface area contributed by atoms with Crippen LogP contribution in [0.15, 0.2) is 24.3 Å². The van der Waals surface area contributed by atoms with E-state index in [1.165, 1.54) is 5.57 Å². The highest BCUT2D eigenvalue weighted by atomic mass is 16.6. The maximum absolute atomic E-state index is 11.9. The maximum atomic E-state index is 11.9. The number of anilines is 2. The third kappa shape index (κ3) is 4.99. The number of ether oxygens (including phenoxy) is 1. The van der Waals surface area contributed by atoms with Crippen molar-refractivity contribution in [3.8, 4) is 0 Å². The molecule has 0 fully saturated rings. The smallest absolute Gasteiger partial charge is 0.412 e. The first-order chi connectivity index (χ1) is 10.8. The molecular formula is C18H27N3O2. The molecule has 2 rings (SSSR count). The van der Waals surface area contributed by atoms with Gasteiger partial charge in [0.05, 0.1) is 11.4 Å². The van der Waals surface area contributed by atoms with Gasteiger partial charge < -0.3 is 10.5 Å². The Labute approximate surface area is 138 Å². The molecule has 1 aromatic carbocycles. The lowest BCUT2D eigenvalue weighted by molar-refractivity contribution is 0.0636. The molecule has 0 saturated carbocycles. The maximum Gasteiger partial charge on any atom is 0.412 e. The van der Waals surface area contributed by atoms with E-state index in [1.54, 1.807) is 0 Å². The van der Waals surface area contributed by atoms with Crippen molar-refractivity contribution in [1.82, 2.24) is 4.90 Å². The van der Waals surface area contributed by atoms with E-state index in [-0.39, 0.29) is 0 Å². The fourth-order valence-corrected chi connectivity index (χ4v) is 2.54. The molecule has 0 aliphatic carbocycles. The first-order valence-electron chi connectivity index (χ1n) is 8.10. The Morgan fingerprint density at radius 3 is 2.70 bits per heavy atom. The van der Waals surface area contributed by atoms with Crippen LogP contribution in [0.3, 0.4) is 0 Å². The Morgan fingerprint density at radius 1 is 1.39 bits per heavy atom. The molecule has 1 aromatic rings. The number of benzene rings is 1. The Morgan fingerprint density at radius 2 is 2.13 bits per heavy atom. The number of nitrogens with two attached hydrogens (primary N) is 1. The third-order valence-corrected chi connectivity index (χ3v) is 3.80. The zero-order valence-electron chi connectivity index (χ0n) is 14.5. The molecule has 5 nitrogen and oxygen atoms in total. The molecule has 0 saturated heterocycles. The first kappa shape index (κ1) is 17.3. The molecule has 0 spiro atoms. The van der Waals surface area contributed by atoms with Gasteiger partial charge in [-0.1, -0.05) is 19.1 Å². The van der Waals surface area contributed by atoms with Gasteiger partial charge in [-0.3, -0.25) is 10.2 Å². The standard InChI is InChI=1S/C18H27N3O2/c1-5-21-10-8-13(9-11-21)14-6-7-15(19)16(12-14)20-17(22)23-18(2,3)4/h6-8,12H,5,9-11,19H2,1-4H3,(H,20,22). The molecule has 0 radical (unpaired) electrons.